The third kappa shape index (κ3) is 3.69. The zero-order valence-electron chi connectivity index (χ0n) is 17.3. The lowest BCUT2D eigenvalue weighted by Crippen LogP contribution is -2.30. The largest absolute Gasteiger partial charge is 0.468 e. The minimum Gasteiger partial charge on any atom is -0.468 e. The van der Waals surface area contributed by atoms with Gasteiger partial charge in [0.05, 0.1) is 30.3 Å². The van der Waals surface area contributed by atoms with E-state index in [0.717, 1.165) is 54.6 Å². The molecule has 0 aliphatic heterocycles. The molecule has 0 radical (unpaired) electrons. The third-order valence-corrected chi connectivity index (χ3v) is 5.84. The highest BCUT2D eigenvalue weighted by atomic mass is 16.5. The fourth-order valence-electron chi connectivity index (χ4n) is 4.12. The van der Waals surface area contributed by atoms with Gasteiger partial charge in [-0.3, -0.25) is 9.59 Å². The zero-order chi connectivity index (χ0) is 21.4. The molecule has 2 heterocycles. The number of fused-ring (bicyclic) bond motifs is 3. The summed E-state index contributed by atoms with van der Waals surface area (Å²) in [5.41, 5.74) is 5.73. The lowest BCUT2D eigenvalue weighted by atomic mass is 10.0. The molecule has 8 nitrogen and oxygen atoms in total. The van der Waals surface area contributed by atoms with E-state index in [0.29, 0.717) is 11.5 Å². The fraction of sp³-hybridized carbons (Fsp3) is 0.348. The lowest BCUT2D eigenvalue weighted by molar-refractivity contribution is -0.139. The van der Waals surface area contributed by atoms with Gasteiger partial charge in [0.2, 0.25) is 0 Å². The van der Waals surface area contributed by atoms with E-state index >= 15 is 0 Å². The molecular weight excluding hydrogens is 394 g/mol. The van der Waals surface area contributed by atoms with Crippen molar-refractivity contribution in [2.45, 2.75) is 38.0 Å². The van der Waals surface area contributed by atoms with Crippen LogP contribution in [-0.2, 0) is 22.4 Å². The Hall–Kier alpha value is -3.55. The topological polar surface area (TPSA) is 99.0 Å². The van der Waals surface area contributed by atoms with Crippen LogP contribution in [0.4, 0.5) is 0 Å². The van der Waals surface area contributed by atoms with Crippen LogP contribution in [0.3, 0.4) is 0 Å². The Kier molecular flexibility index (Phi) is 4.97. The molecular formula is C23H23N5O3. The number of hydrogen-bond acceptors (Lipinski definition) is 6. The number of nitrogens with one attached hydrogen (secondary N) is 1. The molecule has 1 amide bonds. The monoisotopic (exact) mass is 417 g/mol. The van der Waals surface area contributed by atoms with Crippen LogP contribution in [0.25, 0.3) is 17.2 Å². The SMILES string of the molecule is COC(=O)CNC(=O)c1cnn(-c2ncc3c(n2)-c2ccccc2CCC3)c1C1CC1. The van der Waals surface area contributed by atoms with E-state index < -0.39 is 5.97 Å². The first-order chi connectivity index (χ1) is 15.2. The summed E-state index contributed by atoms with van der Waals surface area (Å²) >= 11 is 0. The van der Waals surface area contributed by atoms with Gasteiger partial charge in [0, 0.05) is 17.7 Å². The van der Waals surface area contributed by atoms with Crippen LogP contribution in [0.2, 0.25) is 0 Å². The minimum atomic E-state index is -0.499. The molecule has 8 heteroatoms. The molecule has 0 unspecified atom stereocenters. The number of methoxy groups -OCH3 is 1. The number of esters is 1. The Morgan fingerprint density at radius 1 is 1.16 bits per heavy atom. The molecule has 2 aliphatic carbocycles. The number of ether oxygens (including phenoxy) is 1. The first-order valence-electron chi connectivity index (χ1n) is 10.5. The van der Waals surface area contributed by atoms with Crippen LogP contribution in [0.15, 0.2) is 36.7 Å². The molecule has 1 saturated carbocycles. The van der Waals surface area contributed by atoms with Gasteiger partial charge in [0.15, 0.2) is 0 Å². The van der Waals surface area contributed by atoms with Crippen molar-refractivity contribution in [1.82, 2.24) is 25.1 Å². The van der Waals surface area contributed by atoms with E-state index in [1.165, 1.54) is 18.9 Å². The maximum absolute atomic E-state index is 12.7. The van der Waals surface area contributed by atoms with Crippen molar-refractivity contribution in [2.75, 3.05) is 13.7 Å². The summed E-state index contributed by atoms with van der Waals surface area (Å²) in [6, 6.07) is 8.35. The number of rotatable bonds is 5. The molecule has 158 valence electrons. The van der Waals surface area contributed by atoms with Gasteiger partial charge in [-0.15, -0.1) is 0 Å². The van der Waals surface area contributed by atoms with E-state index in [2.05, 4.69) is 38.3 Å². The van der Waals surface area contributed by atoms with Crippen molar-refractivity contribution >= 4 is 11.9 Å². The zero-order valence-corrected chi connectivity index (χ0v) is 17.3. The van der Waals surface area contributed by atoms with E-state index in [1.807, 2.05) is 12.3 Å². The molecule has 2 aliphatic rings. The normalized spacial score (nSPS) is 14.9. The summed E-state index contributed by atoms with van der Waals surface area (Å²) in [6.07, 6.45) is 8.39. The minimum absolute atomic E-state index is 0.184. The van der Waals surface area contributed by atoms with Crippen LogP contribution < -0.4 is 5.32 Å². The smallest absolute Gasteiger partial charge is 0.325 e. The van der Waals surface area contributed by atoms with Gasteiger partial charge in [-0.2, -0.15) is 5.10 Å². The summed E-state index contributed by atoms with van der Waals surface area (Å²) in [4.78, 5) is 33.6. The van der Waals surface area contributed by atoms with Gasteiger partial charge in [-0.05, 0) is 43.2 Å². The van der Waals surface area contributed by atoms with Gasteiger partial charge in [0.1, 0.15) is 6.54 Å². The summed E-state index contributed by atoms with van der Waals surface area (Å²) in [7, 11) is 1.29. The molecule has 5 rings (SSSR count). The van der Waals surface area contributed by atoms with E-state index in [4.69, 9.17) is 4.98 Å². The van der Waals surface area contributed by atoms with Gasteiger partial charge in [-0.1, -0.05) is 24.3 Å². The fourth-order valence-corrected chi connectivity index (χ4v) is 4.12. The Bertz CT molecular complexity index is 1170. The summed E-state index contributed by atoms with van der Waals surface area (Å²) < 4.78 is 6.28. The van der Waals surface area contributed by atoms with E-state index in [1.54, 1.807) is 4.68 Å². The highest BCUT2D eigenvalue weighted by Gasteiger charge is 2.34. The van der Waals surface area contributed by atoms with Crippen LogP contribution in [0.5, 0.6) is 0 Å². The summed E-state index contributed by atoms with van der Waals surface area (Å²) in [5.74, 6) is -0.152. The Labute approximate surface area is 179 Å². The summed E-state index contributed by atoms with van der Waals surface area (Å²) in [6.45, 7) is -0.184. The van der Waals surface area contributed by atoms with Crippen molar-refractivity contribution in [2.24, 2.45) is 0 Å². The van der Waals surface area contributed by atoms with Gasteiger partial charge >= 0.3 is 5.97 Å². The number of aromatic nitrogens is 4. The van der Waals surface area contributed by atoms with Crippen LogP contribution in [0.1, 0.15) is 52.4 Å². The Morgan fingerprint density at radius 2 is 1.97 bits per heavy atom. The second-order valence-corrected chi connectivity index (χ2v) is 7.94. The van der Waals surface area contributed by atoms with Crippen molar-refractivity contribution < 1.29 is 14.3 Å². The predicted molar refractivity (Wildman–Crippen MR) is 113 cm³/mol. The average Bonchev–Trinajstić information content (AvgIpc) is 3.58. The average molecular weight is 417 g/mol. The molecule has 31 heavy (non-hydrogen) atoms. The second-order valence-electron chi connectivity index (χ2n) is 7.94. The molecule has 1 N–H and O–H groups in total. The van der Waals surface area contributed by atoms with Gasteiger partial charge < -0.3 is 10.1 Å². The van der Waals surface area contributed by atoms with Crippen LogP contribution in [-0.4, -0.2) is 45.3 Å². The number of benzene rings is 1. The van der Waals surface area contributed by atoms with Crippen molar-refractivity contribution in [3.63, 3.8) is 0 Å². The Morgan fingerprint density at radius 3 is 2.77 bits per heavy atom. The maximum Gasteiger partial charge on any atom is 0.325 e. The first kappa shape index (κ1) is 19.4. The first-order valence-corrected chi connectivity index (χ1v) is 10.5. The molecule has 0 atom stereocenters. The molecule has 1 aromatic carbocycles. The number of aryl methyl sites for hydroxylation is 2. The van der Waals surface area contributed by atoms with Crippen molar-refractivity contribution in [1.29, 1.82) is 0 Å². The van der Waals surface area contributed by atoms with E-state index in [9.17, 15) is 9.59 Å². The maximum atomic E-state index is 12.7. The van der Waals surface area contributed by atoms with Gasteiger partial charge in [0.25, 0.3) is 11.9 Å². The predicted octanol–water partition coefficient (Wildman–Crippen LogP) is 2.60. The van der Waals surface area contributed by atoms with Gasteiger partial charge in [-0.25, -0.2) is 14.6 Å². The summed E-state index contributed by atoms with van der Waals surface area (Å²) in [5, 5.41) is 7.06. The van der Waals surface area contributed by atoms with Crippen LogP contribution in [0, 0.1) is 0 Å². The quantitative estimate of drug-likeness (QED) is 0.641. The van der Waals surface area contributed by atoms with E-state index in [-0.39, 0.29) is 18.4 Å². The number of hydrogen-bond donors (Lipinski definition) is 1. The van der Waals surface area contributed by atoms with Crippen molar-refractivity contribution in [3.8, 4) is 17.2 Å². The highest BCUT2D eigenvalue weighted by molar-refractivity contribution is 5.97. The third-order valence-electron chi connectivity index (χ3n) is 5.84. The number of nitrogens with zero attached hydrogens (tertiary/aromatic N) is 4. The van der Waals surface area contributed by atoms with Crippen LogP contribution >= 0.6 is 0 Å². The number of carbonyl (C=O) groups is 2. The molecule has 2 aromatic heterocycles. The standard InChI is InChI=1S/C23H23N5O3/c1-31-19(29)13-24-22(30)18-12-26-28(21(18)15-9-10-15)23-25-11-16-7-4-6-14-5-2-3-8-17(14)20(16)27-23/h2-3,5,8,11-12,15H,4,6-7,9-10,13H2,1H3,(H,24,30). The molecule has 0 spiro atoms. The molecule has 1 fully saturated rings. The molecule has 0 saturated heterocycles. The second kappa shape index (κ2) is 7.94. The Balaban J connectivity index is 1.54. The highest BCUT2D eigenvalue weighted by Crippen LogP contribution is 2.42. The number of carbonyl (C=O) groups excluding carboxylic acids is 2. The molecule has 3 aromatic rings. The molecule has 0 bridgehead atoms. The van der Waals surface area contributed by atoms with Crippen molar-refractivity contribution in [3.05, 3.63) is 59.0 Å². The number of amides is 1. The lowest BCUT2D eigenvalue weighted by Gasteiger charge is -2.12.